The van der Waals surface area contributed by atoms with Gasteiger partial charge >= 0.3 is 0 Å². The summed E-state index contributed by atoms with van der Waals surface area (Å²) in [5, 5.41) is 14.1. The monoisotopic (exact) mass is 488 g/mol. The van der Waals surface area contributed by atoms with Crippen LogP contribution in [0.5, 0.6) is 0 Å². The number of aromatic nitrogens is 4. The van der Waals surface area contributed by atoms with E-state index in [-0.39, 0.29) is 12.1 Å². The van der Waals surface area contributed by atoms with E-state index in [1.807, 2.05) is 0 Å². The molecule has 2 N–H and O–H groups in total. The quantitative estimate of drug-likeness (QED) is 0.661. The van der Waals surface area contributed by atoms with Crippen LogP contribution in [0, 0.1) is 0 Å². The van der Waals surface area contributed by atoms with Crippen molar-refractivity contribution < 1.29 is 9.32 Å². The van der Waals surface area contributed by atoms with E-state index in [9.17, 15) is 9.32 Å². The van der Waals surface area contributed by atoms with Crippen molar-refractivity contribution in [2.75, 3.05) is 22.6 Å². The molecule has 6 rings (SSSR count). The molecule has 10 heteroatoms. The number of rotatable bonds is 5. The molecule has 4 aliphatic rings. The first-order chi connectivity index (χ1) is 16.0. The van der Waals surface area contributed by atoms with Crippen LogP contribution < -0.4 is 10.2 Å². The molecule has 3 aliphatic heterocycles. The maximum Gasteiger partial charge on any atom is 0.228 e. The number of aliphatic hydroxyl groups excluding tert-OH is 1. The Hall–Kier alpha value is -1.84. The molecule has 2 bridgehead atoms. The van der Waals surface area contributed by atoms with Crippen molar-refractivity contribution in [2.24, 2.45) is 0 Å². The summed E-state index contributed by atoms with van der Waals surface area (Å²) in [6.07, 6.45) is 12.1. The van der Waals surface area contributed by atoms with E-state index in [2.05, 4.69) is 20.2 Å². The molecule has 2 aromatic heterocycles. The average Bonchev–Trinajstić information content (AvgIpc) is 3.06. The topological polar surface area (TPSA) is 104 Å². The van der Waals surface area contributed by atoms with Gasteiger partial charge in [-0.1, -0.05) is 11.6 Å². The summed E-state index contributed by atoms with van der Waals surface area (Å²) < 4.78 is 12.9. The zero-order valence-corrected chi connectivity index (χ0v) is 20.1. The van der Waals surface area contributed by atoms with Crippen LogP contribution in [0.15, 0.2) is 17.3 Å². The van der Waals surface area contributed by atoms with Crippen LogP contribution in [0.25, 0.3) is 0 Å². The Balaban J connectivity index is 1.33. The van der Waals surface area contributed by atoms with Crippen LogP contribution >= 0.6 is 11.6 Å². The van der Waals surface area contributed by atoms with Crippen LogP contribution in [0.1, 0.15) is 68.8 Å². The predicted molar refractivity (Wildman–Crippen MR) is 127 cm³/mol. The number of aliphatic hydroxyl groups is 1. The van der Waals surface area contributed by atoms with Crippen molar-refractivity contribution in [3.63, 3.8) is 0 Å². The number of nitrogens with zero attached hydrogens (tertiary/aromatic N) is 5. The maximum atomic E-state index is 12.9. The summed E-state index contributed by atoms with van der Waals surface area (Å²) in [5.74, 6) is 3.24. The highest BCUT2D eigenvalue weighted by Crippen LogP contribution is 2.45. The molecular formula is C23H29ClN6O2S. The van der Waals surface area contributed by atoms with Gasteiger partial charge in [0.1, 0.15) is 16.5 Å². The Morgan fingerprint density at radius 1 is 1.15 bits per heavy atom. The van der Waals surface area contributed by atoms with E-state index < -0.39 is 10.8 Å². The standard InChI is InChI=1S/C23H29ClN6O2S/c24-15-11-25-20(26-12-15)14-9-16-4-5-17(10-14)30(16)22-27-18-3-1-8-33(32)19(18)21(28-22)29-23(13-31)6-2-7-23/h11-12,14,16-17,31H,1-10,13H2,(H,27,28,29)/t14?,16?,17?,33-/m1/s1. The number of hydrogen-bond donors (Lipinski definition) is 2. The minimum absolute atomic E-state index is 0.0610. The fraction of sp³-hybridized carbons (Fsp3) is 0.652. The molecule has 0 spiro atoms. The van der Waals surface area contributed by atoms with Crippen molar-refractivity contribution in [1.29, 1.82) is 0 Å². The van der Waals surface area contributed by atoms with Gasteiger partial charge in [-0.3, -0.25) is 4.21 Å². The van der Waals surface area contributed by atoms with E-state index in [1.54, 1.807) is 12.4 Å². The number of halogens is 1. The molecule has 2 saturated heterocycles. The second-order valence-corrected chi connectivity index (χ2v) is 11.9. The summed E-state index contributed by atoms with van der Waals surface area (Å²) in [5.41, 5.74) is 0.556. The van der Waals surface area contributed by atoms with Gasteiger partial charge < -0.3 is 15.3 Å². The molecule has 1 aliphatic carbocycles. The first kappa shape index (κ1) is 21.7. The molecule has 5 heterocycles. The van der Waals surface area contributed by atoms with Gasteiger partial charge in [0, 0.05) is 36.1 Å². The fourth-order valence-corrected chi connectivity index (χ4v) is 7.42. The highest BCUT2D eigenvalue weighted by Gasteiger charge is 2.44. The number of anilines is 2. The third-order valence-electron chi connectivity index (χ3n) is 7.86. The van der Waals surface area contributed by atoms with Gasteiger partial charge in [0.25, 0.3) is 0 Å². The van der Waals surface area contributed by atoms with Gasteiger partial charge in [0.05, 0.1) is 33.7 Å². The van der Waals surface area contributed by atoms with Crippen LogP contribution in [-0.2, 0) is 17.2 Å². The normalized spacial score (nSPS) is 29.9. The molecule has 1 saturated carbocycles. The minimum atomic E-state index is -1.10. The highest BCUT2D eigenvalue weighted by molar-refractivity contribution is 7.85. The summed E-state index contributed by atoms with van der Waals surface area (Å²) in [6.45, 7) is 0.0610. The van der Waals surface area contributed by atoms with E-state index in [0.29, 0.717) is 34.6 Å². The van der Waals surface area contributed by atoms with Gasteiger partial charge in [-0.15, -0.1) is 0 Å². The second kappa shape index (κ2) is 8.43. The molecule has 2 unspecified atom stereocenters. The van der Waals surface area contributed by atoms with Crippen LogP contribution in [0.4, 0.5) is 11.8 Å². The van der Waals surface area contributed by atoms with Gasteiger partial charge in [-0.2, -0.15) is 4.98 Å². The smallest absolute Gasteiger partial charge is 0.228 e. The van der Waals surface area contributed by atoms with Gasteiger partial charge in [-0.05, 0) is 57.8 Å². The Kier molecular flexibility index (Phi) is 5.54. The third-order valence-corrected chi connectivity index (χ3v) is 9.60. The molecular weight excluding hydrogens is 460 g/mol. The molecule has 0 aromatic carbocycles. The van der Waals surface area contributed by atoms with Crippen molar-refractivity contribution in [3.8, 4) is 0 Å². The summed E-state index contributed by atoms with van der Waals surface area (Å²) >= 11 is 5.98. The number of aryl methyl sites for hydroxylation is 1. The van der Waals surface area contributed by atoms with Crippen LogP contribution in [0.3, 0.4) is 0 Å². The highest BCUT2D eigenvalue weighted by atomic mass is 35.5. The van der Waals surface area contributed by atoms with Crippen molar-refractivity contribution in [2.45, 2.75) is 86.2 Å². The zero-order valence-electron chi connectivity index (χ0n) is 18.5. The number of nitrogens with one attached hydrogen (secondary N) is 1. The molecule has 176 valence electrons. The predicted octanol–water partition coefficient (Wildman–Crippen LogP) is 3.22. The molecule has 8 nitrogen and oxygen atoms in total. The lowest BCUT2D eigenvalue weighted by Gasteiger charge is -2.42. The van der Waals surface area contributed by atoms with Gasteiger partial charge in [-0.25, -0.2) is 15.0 Å². The van der Waals surface area contributed by atoms with Crippen molar-refractivity contribution in [3.05, 3.63) is 28.9 Å². The lowest BCUT2D eigenvalue weighted by atomic mass is 9.77. The fourth-order valence-electron chi connectivity index (χ4n) is 5.99. The molecule has 3 atom stereocenters. The maximum absolute atomic E-state index is 12.9. The number of fused-ring (bicyclic) bond motifs is 3. The second-order valence-electron chi connectivity index (χ2n) is 9.94. The summed E-state index contributed by atoms with van der Waals surface area (Å²) in [7, 11) is -1.10. The third kappa shape index (κ3) is 3.82. The van der Waals surface area contributed by atoms with Gasteiger partial charge in [0.15, 0.2) is 0 Å². The van der Waals surface area contributed by atoms with E-state index in [1.165, 1.54) is 0 Å². The average molecular weight is 489 g/mol. The van der Waals surface area contributed by atoms with Crippen LogP contribution in [0.2, 0.25) is 5.02 Å². The van der Waals surface area contributed by atoms with E-state index in [4.69, 9.17) is 21.6 Å². The molecule has 0 radical (unpaired) electrons. The Morgan fingerprint density at radius 3 is 2.52 bits per heavy atom. The minimum Gasteiger partial charge on any atom is -0.394 e. The first-order valence-electron chi connectivity index (χ1n) is 12.0. The number of hydrogen-bond acceptors (Lipinski definition) is 8. The molecule has 0 amide bonds. The summed E-state index contributed by atoms with van der Waals surface area (Å²) in [6, 6.07) is 0.673. The van der Waals surface area contributed by atoms with Crippen molar-refractivity contribution >= 4 is 34.2 Å². The first-order valence-corrected chi connectivity index (χ1v) is 13.7. The lowest BCUT2D eigenvalue weighted by Crippen LogP contribution is -2.49. The Morgan fingerprint density at radius 2 is 1.88 bits per heavy atom. The van der Waals surface area contributed by atoms with E-state index in [0.717, 1.165) is 80.1 Å². The summed E-state index contributed by atoms with van der Waals surface area (Å²) in [4.78, 5) is 22.0. The number of piperidine rings is 1. The Labute approximate surface area is 201 Å². The zero-order chi connectivity index (χ0) is 22.6. The Bertz CT molecular complexity index is 1060. The van der Waals surface area contributed by atoms with Crippen LogP contribution in [-0.4, -0.2) is 59.2 Å². The molecule has 2 aromatic rings. The molecule has 33 heavy (non-hydrogen) atoms. The van der Waals surface area contributed by atoms with Crippen molar-refractivity contribution in [1.82, 2.24) is 19.9 Å². The lowest BCUT2D eigenvalue weighted by molar-refractivity contribution is 0.143. The molecule has 3 fully saturated rings. The SMILES string of the molecule is O=[S@@]1CCCc2nc(N3C4CCC3CC(c3ncc(Cl)cn3)C4)nc(NC3(CO)CCC3)c21. The largest absolute Gasteiger partial charge is 0.394 e. The van der Waals surface area contributed by atoms with Gasteiger partial charge in [0.2, 0.25) is 5.95 Å². The van der Waals surface area contributed by atoms with E-state index >= 15 is 0 Å².